The number of benzene rings is 1. The number of alkyl halides is 3. The molecule has 0 saturated carbocycles. The summed E-state index contributed by atoms with van der Waals surface area (Å²) in [6.45, 7) is 4.08. The number of halogens is 3. The highest BCUT2D eigenvalue weighted by atomic mass is 19.4. The Morgan fingerprint density at radius 1 is 1.20 bits per heavy atom. The number of anilines is 1. The largest absolute Gasteiger partial charge is 0.416 e. The second-order valence-electron chi connectivity index (χ2n) is 7.32. The summed E-state index contributed by atoms with van der Waals surface area (Å²) in [5.74, 6) is 0.765. The molecule has 9 heteroatoms. The van der Waals surface area contributed by atoms with Crippen LogP contribution in [0, 0.1) is 6.92 Å². The molecule has 6 nitrogen and oxygen atoms in total. The van der Waals surface area contributed by atoms with Gasteiger partial charge in [-0.3, -0.25) is 4.40 Å². The lowest BCUT2D eigenvalue weighted by Crippen LogP contribution is -2.36. The molecule has 1 fully saturated rings. The maximum atomic E-state index is 13.3. The molecule has 0 radical (unpaired) electrons. The van der Waals surface area contributed by atoms with Crippen LogP contribution in [0.4, 0.5) is 19.0 Å². The van der Waals surface area contributed by atoms with Crippen LogP contribution in [0.5, 0.6) is 0 Å². The van der Waals surface area contributed by atoms with Gasteiger partial charge >= 0.3 is 6.18 Å². The Labute approximate surface area is 171 Å². The zero-order valence-corrected chi connectivity index (χ0v) is 16.6. The van der Waals surface area contributed by atoms with Crippen LogP contribution in [-0.4, -0.2) is 52.4 Å². The molecule has 0 amide bonds. The van der Waals surface area contributed by atoms with Gasteiger partial charge in [-0.05, 0) is 24.1 Å². The standard InChI is InChI=1S/C21H23F3N4O2/c1-14-15(3-2-4-16(14)21(22,23)24)11-18-17(5-8-29)26-19-12-25-20(13-28(18)19)27-6-9-30-10-7-27/h2-4,12-13,29H,5-11H2,1H3. The van der Waals surface area contributed by atoms with E-state index in [-0.39, 0.29) is 18.6 Å². The molecule has 30 heavy (non-hydrogen) atoms. The van der Waals surface area contributed by atoms with Gasteiger partial charge in [-0.1, -0.05) is 12.1 Å². The average Bonchev–Trinajstić information content (AvgIpc) is 3.06. The molecule has 1 N–H and O–H groups in total. The number of nitrogens with zero attached hydrogens (tertiary/aromatic N) is 4. The molecule has 1 saturated heterocycles. The lowest BCUT2D eigenvalue weighted by molar-refractivity contribution is -0.138. The fraction of sp³-hybridized carbons (Fsp3) is 0.429. The Morgan fingerprint density at radius 3 is 2.67 bits per heavy atom. The van der Waals surface area contributed by atoms with Crippen LogP contribution in [0.3, 0.4) is 0 Å². The number of imidazole rings is 1. The Bertz CT molecular complexity index is 1040. The summed E-state index contributed by atoms with van der Waals surface area (Å²) >= 11 is 0. The van der Waals surface area contributed by atoms with Gasteiger partial charge in [0, 0.05) is 32.5 Å². The van der Waals surface area contributed by atoms with Crippen molar-refractivity contribution in [3.05, 3.63) is 58.7 Å². The molecule has 4 rings (SSSR count). The van der Waals surface area contributed by atoms with Crippen molar-refractivity contribution in [2.45, 2.75) is 25.9 Å². The molecule has 1 aliphatic heterocycles. The molecule has 160 valence electrons. The van der Waals surface area contributed by atoms with Crippen LogP contribution in [0.25, 0.3) is 5.65 Å². The number of morpholine rings is 1. The van der Waals surface area contributed by atoms with Gasteiger partial charge in [0.05, 0.1) is 42.6 Å². The number of hydrogen-bond acceptors (Lipinski definition) is 5. The van der Waals surface area contributed by atoms with Crippen LogP contribution < -0.4 is 4.90 Å². The summed E-state index contributed by atoms with van der Waals surface area (Å²) in [4.78, 5) is 11.2. The fourth-order valence-electron chi connectivity index (χ4n) is 3.85. The number of aliphatic hydroxyl groups excluding tert-OH is 1. The highest BCUT2D eigenvalue weighted by Crippen LogP contribution is 2.34. The predicted molar refractivity (Wildman–Crippen MR) is 106 cm³/mol. The van der Waals surface area contributed by atoms with Gasteiger partial charge in [-0.2, -0.15) is 13.2 Å². The normalized spacial score (nSPS) is 15.2. The van der Waals surface area contributed by atoms with Gasteiger partial charge in [0.2, 0.25) is 0 Å². The summed E-state index contributed by atoms with van der Waals surface area (Å²) in [5.41, 5.74) is 2.19. The number of aliphatic hydroxyl groups is 1. The molecular weight excluding hydrogens is 397 g/mol. The molecule has 3 heterocycles. The Morgan fingerprint density at radius 2 is 1.97 bits per heavy atom. The van der Waals surface area contributed by atoms with E-state index in [9.17, 15) is 18.3 Å². The van der Waals surface area contributed by atoms with Crippen LogP contribution in [0.15, 0.2) is 30.6 Å². The first-order chi connectivity index (χ1) is 14.4. The van der Waals surface area contributed by atoms with Gasteiger partial charge in [-0.25, -0.2) is 9.97 Å². The minimum absolute atomic E-state index is 0.0950. The number of hydrogen-bond donors (Lipinski definition) is 1. The third-order valence-electron chi connectivity index (χ3n) is 5.47. The number of aromatic nitrogens is 3. The molecular formula is C21H23F3N4O2. The summed E-state index contributed by atoms with van der Waals surface area (Å²) in [6, 6.07) is 4.24. The lowest BCUT2D eigenvalue weighted by Gasteiger charge is -2.27. The highest BCUT2D eigenvalue weighted by Gasteiger charge is 2.33. The number of rotatable bonds is 5. The number of fused-ring (bicyclic) bond motifs is 1. The van der Waals surface area contributed by atoms with Crippen LogP contribution >= 0.6 is 0 Å². The zero-order valence-electron chi connectivity index (χ0n) is 16.6. The van der Waals surface area contributed by atoms with Gasteiger partial charge in [-0.15, -0.1) is 0 Å². The first kappa shape index (κ1) is 20.6. The van der Waals surface area contributed by atoms with E-state index in [0.717, 1.165) is 30.7 Å². The maximum Gasteiger partial charge on any atom is 0.416 e. The molecule has 2 aromatic heterocycles. The van der Waals surface area contributed by atoms with Crippen molar-refractivity contribution in [2.75, 3.05) is 37.8 Å². The maximum absolute atomic E-state index is 13.3. The van der Waals surface area contributed by atoms with Crippen LogP contribution in [0.1, 0.15) is 28.1 Å². The SMILES string of the molecule is Cc1c(Cc2c(CCO)nc3cnc(N4CCOCC4)cn23)cccc1C(F)(F)F. The van der Waals surface area contributed by atoms with Gasteiger partial charge in [0.15, 0.2) is 5.65 Å². The monoisotopic (exact) mass is 420 g/mol. The van der Waals surface area contributed by atoms with Crippen molar-refractivity contribution in [1.82, 2.24) is 14.4 Å². The summed E-state index contributed by atoms with van der Waals surface area (Å²) in [5, 5.41) is 9.46. The van der Waals surface area contributed by atoms with Crippen molar-refractivity contribution >= 4 is 11.5 Å². The van der Waals surface area contributed by atoms with E-state index < -0.39 is 11.7 Å². The van der Waals surface area contributed by atoms with E-state index in [1.807, 2.05) is 10.6 Å². The van der Waals surface area contributed by atoms with E-state index in [4.69, 9.17) is 4.74 Å². The van der Waals surface area contributed by atoms with Crippen LogP contribution in [0.2, 0.25) is 0 Å². The second kappa shape index (κ2) is 8.23. The Hall–Kier alpha value is -2.65. The van der Waals surface area contributed by atoms with Gasteiger partial charge in [0.25, 0.3) is 0 Å². The number of ether oxygens (including phenoxy) is 1. The molecule has 0 spiro atoms. The quantitative estimate of drug-likeness (QED) is 0.688. The molecule has 3 aromatic rings. The van der Waals surface area contributed by atoms with E-state index in [0.29, 0.717) is 36.5 Å². The lowest BCUT2D eigenvalue weighted by atomic mass is 9.97. The fourth-order valence-corrected chi connectivity index (χ4v) is 3.85. The topological polar surface area (TPSA) is 62.9 Å². The Balaban J connectivity index is 1.77. The molecule has 0 aliphatic carbocycles. The zero-order chi connectivity index (χ0) is 21.3. The van der Waals surface area contributed by atoms with Crippen molar-refractivity contribution < 1.29 is 23.0 Å². The Kier molecular flexibility index (Phi) is 5.66. The van der Waals surface area contributed by atoms with E-state index in [1.165, 1.54) is 13.0 Å². The predicted octanol–water partition coefficient (Wildman–Crippen LogP) is 3.02. The third kappa shape index (κ3) is 3.99. The first-order valence-electron chi connectivity index (χ1n) is 9.83. The first-order valence-corrected chi connectivity index (χ1v) is 9.83. The highest BCUT2D eigenvalue weighted by molar-refractivity contribution is 5.49. The molecule has 0 unspecified atom stereocenters. The average molecular weight is 420 g/mol. The van der Waals surface area contributed by atoms with E-state index in [2.05, 4.69) is 14.9 Å². The van der Waals surface area contributed by atoms with Crippen LogP contribution in [-0.2, 0) is 23.8 Å². The molecule has 1 aromatic carbocycles. The van der Waals surface area contributed by atoms with E-state index in [1.54, 1.807) is 12.3 Å². The second-order valence-corrected chi connectivity index (χ2v) is 7.32. The summed E-state index contributed by atoms with van der Waals surface area (Å²) in [7, 11) is 0. The smallest absolute Gasteiger partial charge is 0.396 e. The summed E-state index contributed by atoms with van der Waals surface area (Å²) in [6.07, 6.45) is -0.275. The minimum Gasteiger partial charge on any atom is -0.396 e. The van der Waals surface area contributed by atoms with E-state index >= 15 is 0 Å². The van der Waals surface area contributed by atoms with Crippen molar-refractivity contribution in [1.29, 1.82) is 0 Å². The van der Waals surface area contributed by atoms with Crippen molar-refractivity contribution in [3.63, 3.8) is 0 Å². The van der Waals surface area contributed by atoms with Gasteiger partial charge in [0.1, 0.15) is 5.82 Å². The minimum atomic E-state index is -4.40. The third-order valence-corrected chi connectivity index (χ3v) is 5.47. The molecule has 1 aliphatic rings. The van der Waals surface area contributed by atoms with Gasteiger partial charge < -0.3 is 14.7 Å². The summed E-state index contributed by atoms with van der Waals surface area (Å²) < 4.78 is 47.3. The molecule has 0 atom stereocenters. The van der Waals surface area contributed by atoms with Crippen molar-refractivity contribution in [2.24, 2.45) is 0 Å². The van der Waals surface area contributed by atoms with Crippen molar-refractivity contribution in [3.8, 4) is 0 Å². The molecule has 0 bridgehead atoms.